The number of nitrogens with one attached hydrogen (secondary N) is 1. The van der Waals surface area contributed by atoms with Gasteiger partial charge in [0.2, 0.25) is 11.8 Å². The van der Waals surface area contributed by atoms with Crippen molar-refractivity contribution in [3.05, 3.63) is 59.7 Å². The van der Waals surface area contributed by atoms with Gasteiger partial charge in [-0.1, -0.05) is 36.4 Å². The molecule has 0 fully saturated rings. The predicted octanol–water partition coefficient (Wildman–Crippen LogP) is 1.34. The van der Waals surface area contributed by atoms with Gasteiger partial charge in [-0.2, -0.15) is 0 Å². The van der Waals surface area contributed by atoms with Crippen LogP contribution in [0.15, 0.2) is 48.5 Å². The molecule has 0 aromatic heterocycles. The largest absolute Gasteiger partial charge is 0.486 e. The molecule has 2 aromatic carbocycles. The van der Waals surface area contributed by atoms with Gasteiger partial charge < -0.3 is 20.5 Å². The van der Waals surface area contributed by atoms with Crippen LogP contribution in [0, 0.1) is 0 Å². The molecule has 0 bridgehead atoms. The number of rotatable bonds is 5. The Labute approximate surface area is 139 Å². The van der Waals surface area contributed by atoms with E-state index >= 15 is 0 Å². The maximum Gasteiger partial charge on any atom is 0.244 e. The molecule has 2 aromatic rings. The fourth-order valence-corrected chi connectivity index (χ4v) is 2.56. The highest BCUT2D eigenvalue weighted by Gasteiger charge is 2.20. The van der Waals surface area contributed by atoms with Crippen LogP contribution >= 0.6 is 0 Å². The van der Waals surface area contributed by atoms with Crippen LogP contribution in [-0.2, 0) is 16.0 Å². The van der Waals surface area contributed by atoms with Crippen molar-refractivity contribution in [1.82, 2.24) is 5.32 Å². The van der Waals surface area contributed by atoms with Gasteiger partial charge in [-0.3, -0.25) is 9.59 Å². The number of fused-ring (bicyclic) bond motifs is 1. The molecule has 24 heavy (non-hydrogen) atoms. The van der Waals surface area contributed by atoms with Crippen molar-refractivity contribution >= 4 is 11.8 Å². The Morgan fingerprint density at radius 1 is 1.04 bits per heavy atom. The number of ether oxygens (including phenoxy) is 2. The van der Waals surface area contributed by atoms with E-state index in [1.165, 1.54) is 0 Å². The molecule has 0 spiro atoms. The molecule has 124 valence electrons. The lowest BCUT2D eigenvalue weighted by Crippen LogP contribution is -2.38. The van der Waals surface area contributed by atoms with Crippen molar-refractivity contribution in [2.75, 3.05) is 13.2 Å². The monoisotopic (exact) mass is 326 g/mol. The third kappa shape index (κ3) is 3.65. The van der Waals surface area contributed by atoms with Crippen molar-refractivity contribution in [2.24, 2.45) is 5.73 Å². The van der Waals surface area contributed by atoms with E-state index in [-0.39, 0.29) is 12.3 Å². The number of carbonyl (C=O) groups is 2. The Bertz CT molecular complexity index is 746. The van der Waals surface area contributed by atoms with E-state index in [1.807, 2.05) is 6.07 Å². The number of hydrogen-bond acceptors (Lipinski definition) is 4. The first-order valence-corrected chi connectivity index (χ1v) is 7.65. The molecule has 0 saturated heterocycles. The molecule has 1 aliphatic rings. The third-order valence-corrected chi connectivity index (χ3v) is 3.69. The summed E-state index contributed by atoms with van der Waals surface area (Å²) in [6.07, 6.45) is 0.118. The molecule has 3 rings (SSSR count). The summed E-state index contributed by atoms with van der Waals surface area (Å²) in [7, 11) is 0. The van der Waals surface area contributed by atoms with Crippen LogP contribution in [0.4, 0.5) is 0 Å². The Balaban J connectivity index is 1.69. The van der Waals surface area contributed by atoms with E-state index < -0.39 is 11.9 Å². The van der Waals surface area contributed by atoms with E-state index in [4.69, 9.17) is 15.2 Å². The molecular weight excluding hydrogens is 308 g/mol. The Hall–Kier alpha value is -3.02. The van der Waals surface area contributed by atoms with Crippen LogP contribution < -0.4 is 20.5 Å². The summed E-state index contributed by atoms with van der Waals surface area (Å²) < 4.78 is 11.0. The zero-order valence-corrected chi connectivity index (χ0v) is 13.0. The van der Waals surface area contributed by atoms with Gasteiger partial charge in [-0.15, -0.1) is 0 Å². The number of carbonyl (C=O) groups excluding carboxylic acids is 2. The standard InChI is InChI=1S/C18H18N2O4/c19-18(22)17(13-4-2-1-3-5-13)20-16(21)11-12-6-7-14-15(10-12)24-9-8-23-14/h1-7,10,17H,8-9,11H2,(H2,19,22)(H,20,21). The number of hydrogen-bond donors (Lipinski definition) is 2. The van der Waals surface area contributed by atoms with Crippen LogP contribution in [0.1, 0.15) is 17.2 Å². The van der Waals surface area contributed by atoms with Gasteiger partial charge >= 0.3 is 0 Å². The van der Waals surface area contributed by atoms with Gasteiger partial charge in [0.1, 0.15) is 19.3 Å². The van der Waals surface area contributed by atoms with E-state index in [0.29, 0.717) is 30.3 Å². The van der Waals surface area contributed by atoms with Crippen molar-refractivity contribution in [3.8, 4) is 11.5 Å². The lowest BCUT2D eigenvalue weighted by molar-refractivity contribution is -0.127. The van der Waals surface area contributed by atoms with Crippen LogP contribution in [0.25, 0.3) is 0 Å². The second kappa shape index (κ2) is 7.04. The summed E-state index contributed by atoms with van der Waals surface area (Å²) in [4.78, 5) is 23.9. The average molecular weight is 326 g/mol. The quantitative estimate of drug-likeness (QED) is 0.867. The van der Waals surface area contributed by atoms with E-state index in [0.717, 1.165) is 5.56 Å². The highest BCUT2D eigenvalue weighted by molar-refractivity contribution is 5.88. The number of nitrogens with two attached hydrogens (primary N) is 1. The zero-order valence-electron chi connectivity index (χ0n) is 13.0. The normalized spacial score (nSPS) is 13.8. The van der Waals surface area contributed by atoms with Gasteiger partial charge in [0.25, 0.3) is 0 Å². The highest BCUT2D eigenvalue weighted by Crippen LogP contribution is 2.30. The first-order valence-electron chi connectivity index (χ1n) is 7.65. The van der Waals surface area contributed by atoms with Gasteiger partial charge in [-0.05, 0) is 23.3 Å². The topological polar surface area (TPSA) is 90.7 Å². The zero-order chi connectivity index (χ0) is 16.9. The molecule has 1 unspecified atom stereocenters. The summed E-state index contributed by atoms with van der Waals surface area (Å²) in [5, 5.41) is 2.68. The van der Waals surface area contributed by atoms with Gasteiger partial charge in [0.05, 0.1) is 6.42 Å². The van der Waals surface area contributed by atoms with Gasteiger partial charge in [0.15, 0.2) is 11.5 Å². The smallest absolute Gasteiger partial charge is 0.244 e. The second-order valence-corrected chi connectivity index (χ2v) is 5.47. The van der Waals surface area contributed by atoms with E-state index in [9.17, 15) is 9.59 Å². The lowest BCUT2D eigenvalue weighted by atomic mass is 10.1. The summed E-state index contributed by atoms with van der Waals surface area (Å²) in [6.45, 7) is 1.00. The molecule has 0 saturated carbocycles. The molecule has 6 heteroatoms. The maximum atomic E-state index is 12.3. The minimum Gasteiger partial charge on any atom is -0.486 e. The van der Waals surface area contributed by atoms with Crippen molar-refractivity contribution < 1.29 is 19.1 Å². The third-order valence-electron chi connectivity index (χ3n) is 3.69. The van der Waals surface area contributed by atoms with E-state index in [1.54, 1.807) is 42.5 Å². The van der Waals surface area contributed by atoms with Crippen LogP contribution in [0.3, 0.4) is 0 Å². The first-order chi connectivity index (χ1) is 11.6. The van der Waals surface area contributed by atoms with Gasteiger partial charge in [-0.25, -0.2) is 0 Å². The fourth-order valence-electron chi connectivity index (χ4n) is 2.56. The SMILES string of the molecule is NC(=O)C(NC(=O)Cc1ccc2c(c1)OCCO2)c1ccccc1. The molecule has 2 amide bonds. The Kier molecular flexibility index (Phi) is 4.65. The molecule has 0 radical (unpaired) electrons. The minimum absolute atomic E-state index is 0.118. The molecule has 0 aliphatic carbocycles. The number of amides is 2. The lowest BCUT2D eigenvalue weighted by Gasteiger charge is -2.19. The van der Waals surface area contributed by atoms with Crippen molar-refractivity contribution in [1.29, 1.82) is 0 Å². The number of benzene rings is 2. The van der Waals surface area contributed by atoms with Crippen LogP contribution in [0.5, 0.6) is 11.5 Å². The van der Waals surface area contributed by atoms with E-state index in [2.05, 4.69) is 5.32 Å². The average Bonchev–Trinajstić information content (AvgIpc) is 2.60. The second-order valence-electron chi connectivity index (χ2n) is 5.47. The molecule has 1 atom stereocenters. The summed E-state index contributed by atoms with van der Waals surface area (Å²) in [6, 6.07) is 13.4. The summed E-state index contributed by atoms with van der Waals surface area (Å²) >= 11 is 0. The van der Waals surface area contributed by atoms with Crippen LogP contribution in [-0.4, -0.2) is 25.0 Å². The predicted molar refractivity (Wildman–Crippen MR) is 87.7 cm³/mol. The Morgan fingerprint density at radius 3 is 2.46 bits per heavy atom. The molecule has 3 N–H and O–H groups in total. The molecular formula is C18H18N2O4. The van der Waals surface area contributed by atoms with Crippen molar-refractivity contribution in [3.63, 3.8) is 0 Å². The number of primary amides is 1. The first kappa shape index (κ1) is 15.9. The van der Waals surface area contributed by atoms with Crippen molar-refractivity contribution in [2.45, 2.75) is 12.5 Å². The summed E-state index contributed by atoms with van der Waals surface area (Å²) in [5.74, 6) is 0.404. The molecule has 6 nitrogen and oxygen atoms in total. The maximum absolute atomic E-state index is 12.3. The van der Waals surface area contributed by atoms with Crippen LogP contribution in [0.2, 0.25) is 0 Å². The van der Waals surface area contributed by atoms with Gasteiger partial charge in [0, 0.05) is 0 Å². The Morgan fingerprint density at radius 2 is 1.75 bits per heavy atom. The summed E-state index contributed by atoms with van der Waals surface area (Å²) in [5.41, 5.74) is 6.84. The molecule has 1 heterocycles. The molecule has 1 aliphatic heterocycles. The fraction of sp³-hybridized carbons (Fsp3) is 0.222. The highest BCUT2D eigenvalue weighted by atomic mass is 16.6. The minimum atomic E-state index is -0.851.